The molecule has 0 amide bonds. The highest BCUT2D eigenvalue weighted by atomic mass is 32.1. The molecule has 1 unspecified atom stereocenters. The van der Waals surface area contributed by atoms with Gasteiger partial charge in [-0.3, -0.25) is 9.36 Å². The second-order valence-electron chi connectivity index (χ2n) is 5.10. The van der Waals surface area contributed by atoms with Gasteiger partial charge in [-0.2, -0.15) is 0 Å². The molecule has 0 saturated carbocycles. The van der Waals surface area contributed by atoms with E-state index in [1.165, 1.54) is 11.3 Å². The van der Waals surface area contributed by atoms with E-state index in [0.717, 1.165) is 23.2 Å². The standard InChI is InChI=1S/C16H17N3OS/c1-3-12(17)15-18-13-7-8-21-14(13)16(20)19(15)11-6-4-5-10(2)9-11/h4-9,12H,3,17H2,1-2H3. The van der Waals surface area contributed by atoms with Crippen LogP contribution in [0.2, 0.25) is 0 Å². The first-order chi connectivity index (χ1) is 10.1. The summed E-state index contributed by atoms with van der Waals surface area (Å²) in [5.41, 5.74) is 8.79. The van der Waals surface area contributed by atoms with Gasteiger partial charge in [0.25, 0.3) is 5.56 Å². The lowest BCUT2D eigenvalue weighted by Gasteiger charge is -2.16. The number of rotatable bonds is 3. The molecule has 0 bridgehead atoms. The second-order valence-corrected chi connectivity index (χ2v) is 6.02. The molecule has 0 aliphatic heterocycles. The van der Waals surface area contributed by atoms with Crippen molar-refractivity contribution in [2.75, 3.05) is 0 Å². The van der Waals surface area contributed by atoms with Crippen molar-refractivity contribution >= 4 is 21.6 Å². The zero-order chi connectivity index (χ0) is 15.0. The van der Waals surface area contributed by atoms with Crippen LogP contribution in [0.4, 0.5) is 0 Å². The molecule has 108 valence electrons. The molecule has 0 spiro atoms. The number of aromatic nitrogens is 2. The van der Waals surface area contributed by atoms with E-state index in [-0.39, 0.29) is 11.6 Å². The zero-order valence-electron chi connectivity index (χ0n) is 12.0. The molecule has 2 N–H and O–H groups in total. The van der Waals surface area contributed by atoms with E-state index in [1.54, 1.807) is 4.57 Å². The lowest BCUT2D eigenvalue weighted by Crippen LogP contribution is -2.27. The third-order valence-corrected chi connectivity index (χ3v) is 4.43. The fraction of sp³-hybridized carbons (Fsp3) is 0.250. The lowest BCUT2D eigenvalue weighted by molar-refractivity contribution is 0.623. The molecule has 0 radical (unpaired) electrons. The molecule has 2 aromatic heterocycles. The fourth-order valence-electron chi connectivity index (χ4n) is 2.38. The molecule has 0 aliphatic rings. The van der Waals surface area contributed by atoms with E-state index in [2.05, 4.69) is 4.98 Å². The number of nitrogens with zero attached hydrogens (tertiary/aromatic N) is 2. The van der Waals surface area contributed by atoms with Gasteiger partial charge in [-0.1, -0.05) is 19.1 Å². The predicted molar refractivity (Wildman–Crippen MR) is 87.2 cm³/mol. The Hall–Kier alpha value is -1.98. The van der Waals surface area contributed by atoms with Crippen molar-refractivity contribution < 1.29 is 0 Å². The van der Waals surface area contributed by atoms with Gasteiger partial charge in [-0.25, -0.2) is 4.98 Å². The van der Waals surface area contributed by atoms with Crippen LogP contribution in [-0.2, 0) is 0 Å². The average molecular weight is 299 g/mol. The molecule has 1 aromatic carbocycles. The number of benzene rings is 1. The molecule has 4 nitrogen and oxygen atoms in total. The number of fused-ring (bicyclic) bond motifs is 1. The Morgan fingerprint density at radius 1 is 1.38 bits per heavy atom. The fourth-order valence-corrected chi connectivity index (χ4v) is 3.14. The highest BCUT2D eigenvalue weighted by Gasteiger charge is 2.17. The van der Waals surface area contributed by atoms with Crippen LogP contribution in [0.25, 0.3) is 15.9 Å². The maximum atomic E-state index is 12.8. The summed E-state index contributed by atoms with van der Waals surface area (Å²) in [5.74, 6) is 0.624. The van der Waals surface area contributed by atoms with Gasteiger partial charge >= 0.3 is 0 Å². The molecule has 0 fully saturated rings. The predicted octanol–water partition coefficient (Wildman–Crippen LogP) is 3.17. The molecule has 21 heavy (non-hydrogen) atoms. The van der Waals surface area contributed by atoms with Gasteiger partial charge in [0.05, 0.1) is 17.2 Å². The van der Waals surface area contributed by atoms with Gasteiger partial charge in [0.2, 0.25) is 0 Å². The van der Waals surface area contributed by atoms with Crippen LogP contribution < -0.4 is 11.3 Å². The van der Waals surface area contributed by atoms with Gasteiger partial charge < -0.3 is 5.73 Å². The minimum atomic E-state index is -0.262. The number of thiophene rings is 1. The maximum Gasteiger partial charge on any atom is 0.276 e. The van der Waals surface area contributed by atoms with Gasteiger partial charge in [0.15, 0.2) is 0 Å². The Balaban J connectivity index is 2.38. The third kappa shape index (κ3) is 2.39. The summed E-state index contributed by atoms with van der Waals surface area (Å²) in [4.78, 5) is 17.4. The van der Waals surface area contributed by atoms with Crippen molar-refractivity contribution in [2.24, 2.45) is 5.73 Å². The Labute approximate surface area is 126 Å². The first-order valence-electron chi connectivity index (χ1n) is 6.94. The quantitative estimate of drug-likeness (QED) is 0.808. The molecular weight excluding hydrogens is 282 g/mol. The minimum absolute atomic E-state index is 0.0421. The van der Waals surface area contributed by atoms with E-state index in [9.17, 15) is 4.79 Å². The lowest BCUT2D eigenvalue weighted by atomic mass is 10.2. The van der Waals surface area contributed by atoms with Crippen LogP contribution in [-0.4, -0.2) is 9.55 Å². The summed E-state index contributed by atoms with van der Waals surface area (Å²) in [6.45, 7) is 4.00. The van der Waals surface area contributed by atoms with Crippen molar-refractivity contribution in [3.8, 4) is 5.69 Å². The minimum Gasteiger partial charge on any atom is -0.321 e. The van der Waals surface area contributed by atoms with Crippen molar-refractivity contribution in [1.29, 1.82) is 0 Å². The summed E-state index contributed by atoms with van der Waals surface area (Å²) < 4.78 is 2.32. The van der Waals surface area contributed by atoms with Crippen LogP contribution >= 0.6 is 11.3 Å². The molecule has 1 atom stereocenters. The van der Waals surface area contributed by atoms with Crippen molar-refractivity contribution in [1.82, 2.24) is 9.55 Å². The second kappa shape index (κ2) is 5.42. The monoisotopic (exact) mass is 299 g/mol. The normalized spacial score (nSPS) is 12.7. The number of hydrogen-bond donors (Lipinski definition) is 1. The summed E-state index contributed by atoms with van der Waals surface area (Å²) in [6, 6.07) is 9.45. The van der Waals surface area contributed by atoms with Crippen LogP contribution in [0.1, 0.15) is 30.8 Å². The largest absolute Gasteiger partial charge is 0.321 e. The zero-order valence-corrected chi connectivity index (χ0v) is 12.9. The molecule has 5 heteroatoms. The van der Waals surface area contributed by atoms with Gasteiger partial charge in [0, 0.05) is 0 Å². The van der Waals surface area contributed by atoms with Crippen LogP contribution in [0, 0.1) is 6.92 Å². The number of nitrogens with two attached hydrogens (primary N) is 1. The van der Waals surface area contributed by atoms with E-state index >= 15 is 0 Å². The van der Waals surface area contributed by atoms with Crippen molar-refractivity contribution in [3.05, 3.63) is 57.5 Å². The third-order valence-electron chi connectivity index (χ3n) is 3.54. The van der Waals surface area contributed by atoms with E-state index in [4.69, 9.17) is 5.73 Å². The van der Waals surface area contributed by atoms with Crippen LogP contribution in [0.5, 0.6) is 0 Å². The molecule has 0 saturated heterocycles. The highest BCUT2D eigenvalue weighted by molar-refractivity contribution is 7.17. The summed E-state index contributed by atoms with van der Waals surface area (Å²) in [7, 11) is 0. The van der Waals surface area contributed by atoms with Crippen LogP contribution in [0.15, 0.2) is 40.5 Å². The first-order valence-corrected chi connectivity index (χ1v) is 7.82. The van der Waals surface area contributed by atoms with Crippen molar-refractivity contribution in [2.45, 2.75) is 26.3 Å². The van der Waals surface area contributed by atoms with E-state index < -0.39 is 0 Å². The molecular formula is C16H17N3OS. The summed E-state index contributed by atoms with van der Waals surface area (Å²) in [5, 5.41) is 1.89. The van der Waals surface area contributed by atoms with E-state index in [0.29, 0.717) is 10.5 Å². The average Bonchev–Trinajstić information content (AvgIpc) is 2.95. The van der Waals surface area contributed by atoms with Crippen molar-refractivity contribution in [3.63, 3.8) is 0 Å². The topological polar surface area (TPSA) is 60.9 Å². The molecule has 2 heterocycles. The molecule has 0 aliphatic carbocycles. The SMILES string of the molecule is CCC(N)c1nc2ccsc2c(=O)n1-c1cccc(C)c1. The Kier molecular flexibility index (Phi) is 3.61. The van der Waals surface area contributed by atoms with Gasteiger partial charge in [-0.05, 0) is 42.5 Å². The highest BCUT2D eigenvalue weighted by Crippen LogP contribution is 2.21. The summed E-state index contributed by atoms with van der Waals surface area (Å²) in [6.07, 6.45) is 0.730. The van der Waals surface area contributed by atoms with Gasteiger partial charge in [-0.15, -0.1) is 11.3 Å². The Bertz CT molecular complexity index is 850. The molecule has 3 aromatic rings. The number of aryl methyl sites for hydroxylation is 1. The first kappa shape index (κ1) is 14.0. The van der Waals surface area contributed by atoms with E-state index in [1.807, 2.05) is 49.6 Å². The number of hydrogen-bond acceptors (Lipinski definition) is 4. The Morgan fingerprint density at radius 2 is 2.19 bits per heavy atom. The maximum absolute atomic E-state index is 12.8. The van der Waals surface area contributed by atoms with Crippen LogP contribution in [0.3, 0.4) is 0 Å². The summed E-state index contributed by atoms with van der Waals surface area (Å²) >= 11 is 1.42. The van der Waals surface area contributed by atoms with Gasteiger partial charge in [0.1, 0.15) is 10.5 Å². The smallest absolute Gasteiger partial charge is 0.276 e. The molecule has 3 rings (SSSR count). The Morgan fingerprint density at radius 3 is 2.90 bits per heavy atom.